The number of pyridine rings is 4. The molecular formula is C72H54N4Si2. The van der Waals surface area contributed by atoms with Crippen LogP contribution in [0.4, 0.5) is 0 Å². The van der Waals surface area contributed by atoms with E-state index >= 15 is 0 Å². The van der Waals surface area contributed by atoms with Gasteiger partial charge in [0.15, 0.2) is 0 Å². The van der Waals surface area contributed by atoms with Crippen molar-refractivity contribution < 1.29 is 0 Å². The topological polar surface area (TPSA) is 51.6 Å². The van der Waals surface area contributed by atoms with E-state index in [1.165, 1.54) is 98.7 Å². The van der Waals surface area contributed by atoms with Gasteiger partial charge in [-0.3, -0.25) is 19.9 Å². The van der Waals surface area contributed by atoms with Crippen molar-refractivity contribution in [2.45, 2.75) is 36.0 Å². The zero-order chi connectivity index (χ0) is 52.2. The highest BCUT2D eigenvalue weighted by Gasteiger charge is 2.54. The lowest BCUT2D eigenvalue weighted by Gasteiger charge is -2.42. The molecule has 0 saturated carbocycles. The lowest BCUT2D eigenvalue weighted by molar-refractivity contribution is 0.569. The standard InChI is InChI=1S/C72H54N4Si2/c1-77-69(61-45-73-41-53-31-15-19-35-57(53)61)65(49-23-7-3-8-24-49)67(51-27-11-5-12-28-51)71(77,63-47-75-43-55-33-17-21-37-59(55)63)39-40-72(64-48-76-44-56-34-18-22-38-60(56)64)68(52-29-13-6-14-30-52)66(50-25-9-4-10-26-50)70(78(72)2)62-46-74-42-54-32-16-20-36-58(54)62/h3-38,41-48H,39-40H2,1-2H3. The van der Waals surface area contributed by atoms with E-state index in [0.29, 0.717) is 0 Å². The van der Waals surface area contributed by atoms with Gasteiger partial charge in [-0.15, -0.1) is 0 Å². The summed E-state index contributed by atoms with van der Waals surface area (Å²) in [6.45, 7) is 5.23. The maximum absolute atomic E-state index is 5.26. The maximum Gasteiger partial charge on any atom is 0.0348 e. The zero-order valence-corrected chi connectivity index (χ0v) is 45.6. The Morgan fingerprint density at radius 3 is 0.936 bits per heavy atom. The summed E-state index contributed by atoms with van der Waals surface area (Å²) in [6.07, 6.45) is 18.6. The van der Waals surface area contributed by atoms with E-state index in [1.807, 2.05) is 12.4 Å². The molecule has 2 unspecified atom stereocenters. The van der Waals surface area contributed by atoms with Crippen molar-refractivity contribution >= 4 is 92.5 Å². The number of hydrogen-bond donors (Lipinski definition) is 0. The van der Waals surface area contributed by atoms with Gasteiger partial charge < -0.3 is 0 Å². The first kappa shape index (κ1) is 47.5. The number of nitrogens with zero attached hydrogens (tertiary/aromatic N) is 4. The first-order valence-corrected chi connectivity index (χ1v) is 31.0. The van der Waals surface area contributed by atoms with Crippen LogP contribution < -0.4 is 0 Å². The molecule has 4 nitrogen and oxygen atoms in total. The van der Waals surface area contributed by atoms with E-state index < -0.39 is 26.9 Å². The molecule has 0 spiro atoms. The Morgan fingerprint density at radius 1 is 0.295 bits per heavy atom. The quantitative estimate of drug-likeness (QED) is 0.121. The Balaban J connectivity index is 1.17. The molecule has 0 N–H and O–H groups in total. The first-order valence-electron chi connectivity index (χ1n) is 27.0. The summed E-state index contributed by atoms with van der Waals surface area (Å²) < 4.78 is 0. The predicted molar refractivity (Wildman–Crippen MR) is 330 cm³/mol. The number of hydrogen-bond acceptors (Lipinski definition) is 4. The van der Waals surface area contributed by atoms with Gasteiger partial charge in [0.25, 0.3) is 0 Å². The van der Waals surface area contributed by atoms with Crippen molar-refractivity contribution in [3.8, 4) is 0 Å². The van der Waals surface area contributed by atoms with Gasteiger partial charge in [0.05, 0.1) is 0 Å². The fraction of sp³-hybridized carbons (Fsp3) is 0.0833. The molecule has 0 saturated heterocycles. The zero-order valence-electron chi connectivity index (χ0n) is 43.6. The van der Waals surface area contributed by atoms with Crippen LogP contribution in [0.25, 0.3) is 65.4 Å². The van der Waals surface area contributed by atoms with E-state index in [1.54, 1.807) is 0 Å². The van der Waals surface area contributed by atoms with E-state index in [0.717, 1.165) is 34.4 Å². The molecule has 12 aromatic rings. The number of allylic oxidation sites excluding steroid dienone is 4. The third-order valence-corrected chi connectivity index (χ3v) is 23.8. The minimum Gasteiger partial charge on any atom is -0.264 e. The molecule has 0 amide bonds. The van der Waals surface area contributed by atoms with Crippen LogP contribution in [0.15, 0.2) is 268 Å². The molecule has 6 heterocycles. The first-order chi connectivity index (χ1) is 38.6. The van der Waals surface area contributed by atoms with Crippen molar-refractivity contribution in [2.24, 2.45) is 0 Å². The Bertz CT molecular complexity index is 4150. The third-order valence-electron chi connectivity index (χ3n) is 17.1. The number of benzene rings is 8. The van der Waals surface area contributed by atoms with Crippen LogP contribution in [-0.4, -0.2) is 47.1 Å². The largest absolute Gasteiger partial charge is 0.264 e. The number of fused-ring (bicyclic) bond motifs is 4. The van der Waals surface area contributed by atoms with Crippen LogP contribution in [0.3, 0.4) is 0 Å². The van der Waals surface area contributed by atoms with Gasteiger partial charge in [-0.1, -0.05) is 231 Å². The smallest absolute Gasteiger partial charge is 0.0348 e. The van der Waals surface area contributed by atoms with Crippen molar-refractivity contribution in [3.63, 3.8) is 0 Å². The Morgan fingerprint density at radius 2 is 0.577 bits per heavy atom. The summed E-state index contributed by atoms with van der Waals surface area (Å²) in [6, 6.07) is 80.7. The molecule has 0 aliphatic carbocycles. The Hall–Kier alpha value is -8.95. The van der Waals surface area contributed by atoms with Crippen LogP contribution in [0.2, 0.25) is 13.1 Å². The van der Waals surface area contributed by atoms with Crippen LogP contribution in [0, 0.1) is 0 Å². The van der Waals surface area contributed by atoms with Gasteiger partial charge in [0, 0.05) is 109 Å². The molecule has 0 radical (unpaired) electrons. The molecule has 6 heteroatoms. The molecular weight excluding hydrogens is 977 g/mol. The second-order valence-electron chi connectivity index (χ2n) is 20.9. The molecule has 2 aliphatic rings. The molecule has 2 atom stereocenters. The van der Waals surface area contributed by atoms with Crippen LogP contribution in [-0.2, 0) is 10.1 Å². The lowest BCUT2D eigenvalue weighted by Crippen LogP contribution is -2.43. The molecule has 4 aromatic heterocycles. The highest BCUT2D eigenvalue weighted by Crippen LogP contribution is 2.59. The van der Waals surface area contributed by atoms with Crippen LogP contribution in [0.1, 0.15) is 57.3 Å². The molecule has 0 bridgehead atoms. The molecule has 2 aliphatic heterocycles. The average molecular weight is 1030 g/mol. The summed E-state index contributed by atoms with van der Waals surface area (Å²) in [7, 11) is -3.48. The second kappa shape index (κ2) is 19.6. The van der Waals surface area contributed by atoms with Crippen molar-refractivity contribution in [1.29, 1.82) is 0 Å². The molecule has 0 fully saturated rings. The van der Waals surface area contributed by atoms with E-state index in [9.17, 15) is 0 Å². The van der Waals surface area contributed by atoms with Crippen molar-refractivity contribution in [1.82, 2.24) is 19.9 Å². The van der Waals surface area contributed by atoms with Gasteiger partial charge in [-0.05, 0) is 100 Å². The van der Waals surface area contributed by atoms with Crippen LogP contribution in [0.5, 0.6) is 0 Å². The molecule has 78 heavy (non-hydrogen) atoms. The normalized spacial score (nSPS) is 17.6. The van der Waals surface area contributed by atoms with E-state index in [-0.39, 0.29) is 0 Å². The molecule has 8 aromatic carbocycles. The predicted octanol–water partition coefficient (Wildman–Crippen LogP) is 16.0. The fourth-order valence-electron chi connectivity index (χ4n) is 13.8. The highest BCUT2D eigenvalue weighted by atomic mass is 28.2. The summed E-state index contributed by atoms with van der Waals surface area (Å²) in [5, 5.41) is 11.1. The summed E-state index contributed by atoms with van der Waals surface area (Å²) in [4.78, 5) is 20.7. The number of rotatable bonds is 11. The SMILES string of the molecule is C[Si]1=C(c2cncc3ccccc23)C(c2ccccc2)=C(c2ccccc2)C1(CCC1(c2cncc3ccccc23)C(c2ccccc2)=C(c2ccccc2)C(c2cncc3ccccc23)=[Si]1C)c1cncc2ccccc12. The lowest BCUT2D eigenvalue weighted by atomic mass is 9.72. The van der Waals surface area contributed by atoms with Crippen LogP contribution >= 0.6 is 0 Å². The third kappa shape index (κ3) is 7.46. The minimum absolute atomic E-state index is 0.567. The van der Waals surface area contributed by atoms with Gasteiger partial charge >= 0.3 is 0 Å². The van der Waals surface area contributed by atoms with Gasteiger partial charge in [-0.25, -0.2) is 0 Å². The number of aromatic nitrogens is 4. The maximum atomic E-state index is 5.26. The van der Waals surface area contributed by atoms with E-state index in [4.69, 9.17) is 19.9 Å². The monoisotopic (exact) mass is 1030 g/mol. The fourth-order valence-corrected chi connectivity index (χ4v) is 20.6. The molecule has 370 valence electrons. The van der Waals surface area contributed by atoms with E-state index in [2.05, 4.69) is 269 Å². The summed E-state index contributed by atoms with van der Waals surface area (Å²) >= 11 is 0. The van der Waals surface area contributed by atoms with Crippen molar-refractivity contribution in [3.05, 3.63) is 312 Å². The van der Waals surface area contributed by atoms with Gasteiger partial charge in [-0.2, -0.15) is 0 Å². The van der Waals surface area contributed by atoms with Crippen molar-refractivity contribution in [2.75, 3.05) is 0 Å². The average Bonchev–Trinajstić information content (AvgIpc) is 3.89. The second-order valence-corrected chi connectivity index (χ2v) is 26.1. The minimum atomic E-state index is -1.74. The summed E-state index contributed by atoms with van der Waals surface area (Å²) in [5.74, 6) is 0. The van der Waals surface area contributed by atoms with Gasteiger partial charge in [0.1, 0.15) is 0 Å². The molecule has 14 rings (SSSR count). The summed E-state index contributed by atoms with van der Waals surface area (Å²) in [5.41, 5.74) is 15.2. The highest BCUT2D eigenvalue weighted by molar-refractivity contribution is 6.89. The Labute approximate surface area is 458 Å². The van der Waals surface area contributed by atoms with Gasteiger partial charge in [0.2, 0.25) is 0 Å². The Kier molecular flexibility index (Phi) is 11.9.